The number of hydrogen-bond acceptors (Lipinski definition) is 5. The Labute approximate surface area is 139 Å². The Morgan fingerprint density at radius 2 is 1.71 bits per heavy atom. The second kappa shape index (κ2) is 7.00. The SMILES string of the molecule is COc1ccc(OC(=O)Cc2nc(-c3ccccc3)oc2C)cc1. The average molecular weight is 323 g/mol. The predicted molar refractivity (Wildman–Crippen MR) is 89.0 cm³/mol. The first-order chi connectivity index (χ1) is 11.7. The molecule has 0 aliphatic rings. The molecule has 0 radical (unpaired) electrons. The second-order valence-electron chi connectivity index (χ2n) is 5.21. The van der Waals surface area contributed by atoms with Gasteiger partial charge in [0.15, 0.2) is 0 Å². The van der Waals surface area contributed by atoms with Crippen molar-refractivity contribution in [2.45, 2.75) is 13.3 Å². The van der Waals surface area contributed by atoms with E-state index in [9.17, 15) is 4.79 Å². The van der Waals surface area contributed by atoms with E-state index in [2.05, 4.69) is 4.98 Å². The minimum absolute atomic E-state index is 0.0498. The maximum atomic E-state index is 12.1. The number of benzene rings is 2. The molecule has 0 unspecified atom stereocenters. The molecule has 5 heteroatoms. The van der Waals surface area contributed by atoms with Gasteiger partial charge in [-0.1, -0.05) is 18.2 Å². The van der Waals surface area contributed by atoms with Crippen molar-refractivity contribution in [2.24, 2.45) is 0 Å². The van der Waals surface area contributed by atoms with Crippen LogP contribution in [0.2, 0.25) is 0 Å². The van der Waals surface area contributed by atoms with Crippen molar-refractivity contribution in [1.82, 2.24) is 4.98 Å². The summed E-state index contributed by atoms with van der Waals surface area (Å²) in [6.45, 7) is 1.79. The minimum atomic E-state index is -0.392. The maximum Gasteiger partial charge on any atom is 0.317 e. The second-order valence-corrected chi connectivity index (χ2v) is 5.21. The van der Waals surface area contributed by atoms with E-state index in [0.717, 1.165) is 5.56 Å². The summed E-state index contributed by atoms with van der Waals surface area (Å²) in [5, 5.41) is 0. The van der Waals surface area contributed by atoms with Crippen molar-refractivity contribution < 1.29 is 18.7 Å². The van der Waals surface area contributed by atoms with Gasteiger partial charge in [0.25, 0.3) is 0 Å². The van der Waals surface area contributed by atoms with Crippen LogP contribution in [0.5, 0.6) is 11.5 Å². The van der Waals surface area contributed by atoms with Crippen molar-refractivity contribution in [3.8, 4) is 23.0 Å². The van der Waals surface area contributed by atoms with Crippen LogP contribution in [0.3, 0.4) is 0 Å². The first-order valence-corrected chi connectivity index (χ1v) is 7.52. The van der Waals surface area contributed by atoms with Crippen molar-refractivity contribution in [1.29, 1.82) is 0 Å². The largest absolute Gasteiger partial charge is 0.497 e. The van der Waals surface area contributed by atoms with Crippen LogP contribution in [0, 0.1) is 6.92 Å². The number of esters is 1. The molecule has 0 fully saturated rings. The maximum absolute atomic E-state index is 12.1. The standard InChI is InChI=1S/C19H17NO4/c1-13-17(20-19(23-13)14-6-4-3-5-7-14)12-18(21)24-16-10-8-15(22-2)9-11-16/h3-11H,12H2,1-2H3. The lowest BCUT2D eigenvalue weighted by Gasteiger charge is -2.04. The Balaban J connectivity index is 1.69. The molecule has 0 aliphatic heterocycles. The Morgan fingerprint density at radius 1 is 1.04 bits per heavy atom. The van der Waals surface area contributed by atoms with Gasteiger partial charge in [-0.05, 0) is 43.3 Å². The molecule has 0 bridgehead atoms. The molecule has 24 heavy (non-hydrogen) atoms. The Hall–Kier alpha value is -3.08. The van der Waals surface area contributed by atoms with Gasteiger partial charge in [0, 0.05) is 5.56 Å². The van der Waals surface area contributed by atoms with Crippen LogP contribution in [0.25, 0.3) is 11.5 Å². The summed E-state index contributed by atoms with van der Waals surface area (Å²) < 4.78 is 16.0. The molecule has 1 heterocycles. The van der Waals surface area contributed by atoms with Crippen LogP contribution in [0.1, 0.15) is 11.5 Å². The Kier molecular flexibility index (Phi) is 4.61. The number of rotatable bonds is 5. The van der Waals surface area contributed by atoms with Gasteiger partial charge in [0.2, 0.25) is 5.89 Å². The van der Waals surface area contributed by atoms with E-state index in [4.69, 9.17) is 13.9 Å². The first kappa shape index (κ1) is 15.8. The summed E-state index contributed by atoms with van der Waals surface area (Å²) >= 11 is 0. The summed E-state index contributed by atoms with van der Waals surface area (Å²) in [6.07, 6.45) is 0.0498. The molecule has 1 aromatic heterocycles. The zero-order chi connectivity index (χ0) is 16.9. The number of methoxy groups -OCH3 is 1. The third-order valence-electron chi connectivity index (χ3n) is 3.52. The minimum Gasteiger partial charge on any atom is -0.497 e. The molecule has 0 aliphatic carbocycles. The first-order valence-electron chi connectivity index (χ1n) is 7.52. The lowest BCUT2D eigenvalue weighted by Crippen LogP contribution is -2.12. The number of carbonyl (C=O) groups is 1. The molecule has 2 aromatic carbocycles. The summed E-state index contributed by atoms with van der Waals surface area (Å²) in [5.41, 5.74) is 1.45. The molecule has 3 rings (SSSR count). The number of aromatic nitrogens is 1. The zero-order valence-corrected chi connectivity index (χ0v) is 13.5. The number of carbonyl (C=O) groups excluding carboxylic acids is 1. The predicted octanol–water partition coefficient (Wildman–Crippen LogP) is 3.81. The van der Waals surface area contributed by atoms with Crippen LogP contribution >= 0.6 is 0 Å². The number of oxazole rings is 1. The zero-order valence-electron chi connectivity index (χ0n) is 13.5. The highest BCUT2D eigenvalue weighted by Crippen LogP contribution is 2.22. The van der Waals surface area contributed by atoms with Gasteiger partial charge in [0.05, 0.1) is 19.2 Å². The molecular formula is C19H17NO4. The van der Waals surface area contributed by atoms with E-state index in [0.29, 0.717) is 28.8 Å². The van der Waals surface area contributed by atoms with Gasteiger partial charge < -0.3 is 13.9 Å². The molecule has 5 nitrogen and oxygen atoms in total. The fourth-order valence-electron chi connectivity index (χ4n) is 2.24. The fourth-order valence-corrected chi connectivity index (χ4v) is 2.24. The van der Waals surface area contributed by atoms with E-state index < -0.39 is 5.97 Å². The van der Waals surface area contributed by atoms with Gasteiger partial charge in [-0.25, -0.2) is 4.98 Å². The van der Waals surface area contributed by atoms with Crippen molar-refractivity contribution in [3.05, 3.63) is 66.1 Å². The lowest BCUT2D eigenvalue weighted by atomic mass is 10.2. The van der Waals surface area contributed by atoms with E-state index in [1.165, 1.54) is 0 Å². The van der Waals surface area contributed by atoms with E-state index in [1.54, 1.807) is 38.3 Å². The third kappa shape index (κ3) is 3.63. The highest BCUT2D eigenvalue weighted by atomic mass is 16.5. The molecule has 122 valence electrons. The monoisotopic (exact) mass is 323 g/mol. The third-order valence-corrected chi connectivity index (χ3v) is 3.52. The fraction of sp³-hybridized carbons (Fsp3) is 0.158. The molecule has 0 N–H and O–H groups in total. The summed E-state index contributed by atoms with van der Waals surface area (Å²) in [6, 6.07) is 16.4. The van der Waals surface area contributed by atoms with Crippen LogP contribution in [0.4, 0.5) is 0 Å². The van der Waals surface area contributed by atoms with Crippen LogP contribution in [-0.2, 0) is 11.2 Å². The van der Waals surface area contributed by atoms with E-state index in [1.807, 2.05) is 30.3 Å². The normalized spacial score (nSPS) is 10.4. The summed E-state index contributed by atoms with van der Waals surface area (Å²) in [7, 11) is 1.58. The molecule has 0 spiro atoms. The molecule has 3 aromatic rings. The van der Waals surface area contributed by atoms with Crippen LogP contribution in [0.15, 0.2) is 59.0 Å². The van der Waals surface area contributed by atoms with E-state index >= 15 is 0 Å². The van der Waals surface area contributed by atoms with E-state index in [-0.39, 0.29) is 6.42 Å². The Bertz CT molecular complexity index is 822. The highest BCUT2D eigenvalue weighted by Gasteiger charge is 2.16. The highest BCUT2D eigenvalue weighted by molar-refractivity contribution is 5.75. The molecule has 0 atom stereocenters. The summed E-state index contributed by atoms with van der Waals surface area (Å²) in [5.74, 6) is 1.89. The van der Waals surface area contributed by atoms with Crippen LogP contribution < -0.4 is 9.47 Å². The molecule has 0 saturated carbocycles. The molecule has 0 amide bonds. The lowest BCUT2D eigenvalue weighted by molar-refractivity contribution is -0.133. The van der Waals surface area contributed by atoms with Crippen molar-refractivity contribution >= 4 is 5.97 Å². The van der Waals surface area contributed by atoms with Gasteiger partial charge in [-0.15, -0.1) is 0 Å². The summed E-state index contributed by atoms with van der Waals surface area (Å²) in [4.78, 5) is 16.5. The van der Waals surface area contributed by atoms with Crippen molar-refractivity contribution in [2.75, 3.05) is 7.11 Å². The van der Waals surface area contributed by atoms with Crippen LogP contribution in [-0.4, -0.2) is 18.1 Å². The van der Waals surface area contributed by atoms with Gasteiger partial charge >= 0.3 is 5.97 Å². The quantitative estimate of drug-likeness (QED) is 0.528. The van der Waals surface area contributed by atoms with Gasteiger partial charge in [-0.2, -0.15) is 0 Å². The average Bonchev–Trinajstić information content (AvgIpc) is 2.97. The number of hydrogen-bond donors (Lipinski definition) is 0. The number of nitrogens with zero attached hydrogens (tertiary/aromatic N) is 1. The Morgan fingerprint density at radius 3 is 2.38 bits per heavy atom. The van der Waals surface area contributed by atoms with Gasteiger partial charge in [-0.3, -0.25) is 4.79 Å². The molecular weight excluding hydrogens is 306 g/mol. The number of ether oxygens (including phenoxy) is 2. The smallest absolute Gasteiger partial charge is 0.317 e. The molecule has 0 saturated heterocycles. The number of aryl methyl sites for hydroxylation is 1. The van der Waals surface area contributed by atoms with Crippen molar-refractivity contribution in [3.63, 3.8) is 0 Å². The van der Waals surface area contributed by atoms with Gasteiger partial charge in [0.1, 0.15) is 17.3 Å². The topological polar surface area (TPSA) is 61.6 Å².